The van der Waals surface area contributed by atoms with Gasteiger partial charge in [0.25, 0.3) is 11.8 Å². The topological polar surface area (TPSA) is 40.6 Å². The zero-order valence-corrected chi connectivity index (χ0v) is 16.3. The van der Waals surface area contributed by atoms with Gasteiger partial charge in [-0.15, -0.1) is 0 Å². The van der Waals surface area contributed by atoms with Crippen molar-refractivity contribution in [2.45, 2.75) is 0 Å². The summed E-state index contributed by atoms with van der Waals surface area (Å²) in [6, 6.07) is 12.1. The third-order valence-corrected chi connectivity index (χ3v) is 5.14. The number of benzene rings is 2. The van der Waals surface area contributed by atoms with Gasteiger partial charge in [-0.3, -0.25) is 9.59 Å². The zero-order chi connectivity index (χ0) is 18.0. The number of amides is 2. The molecule has 1 aliphatic rings. The molecule has 0 spiro atoms. The monoisotopic (exact) mass is 440 g/mol. The number of hydrogen-bond donors (Lipinski definition) is 0. The van der Waals surface area contributed by atoms with Crippen molar-refractivity contribution in [2.75, 3.05) is 26.2 Å². The molecule has 2 aromatic carbocycles. The van der Waals surface area contributed by atoms with Gasteiger partial charge in [0.05, 0.1) is 10.6 Å². The molecule has 2 amide bonds. The molecule has 0 N–H and O–H groups in total. The fourth-order valence-electron chi connectivity index (χ4n) is 2.75. The van der Waals surface area contributed by atoms with Crippen LogP contribution in [0.1, 0.15) is 20.7 Å². The van der Waals surface area contributed by atoms with Gasteiger partial charge in [0.1, 0.15) is 0 Å². The van der Waals surface area contributed by atoms with Crippen LogP contribution in [0.2, 0.25) is 10.0 Å². The van der Waals surface area contributed by atoms with Crippen LogP contribution >= 0.6 is 39.1 Å². The highest BCUT2D eigenvalue weighted by Gasteiger charge is 2.26. The minimum atomic E-state index is -0.124. The van der Waals surface area contributed by atoms with E-state index in [1.807, 2.05) is 0 Å². The second-order valence-corrected chi connectivity index (χ2v) is 7.48. The van der Waals surface area contributed by atoms with Crippen molar-refractivity contribution in [3.05, 3.63) is 68.1 Å². The van der Waals surface area contributed by atoms with E-state index in [9.17, 15) is 9.59 Å². The Morgan fingerprint density at radius 2 is 1.52 bits per heavy atom. The third-order valence-electron chi connectivity index (χ3n) is 4.08. The molecule has 0 radical (unpaired) electrons. The maximum atomic E-state index is 12.7. The van der Waals surface area contributed by atoms with Crippen molar-refractivity contribution in [3.63, 3.8) is 0 Å². The molecular formula is C18H15BrCl2N2O2. The second kappa shape index (κ2) is 7.77. The van der Waals surface area contributed by atoms with E-state index in [4.69, 9.17) is 23.2 Å². The van der Waals surface area contributed by atoms with Crippen LogP contribution in [0.15, 0.2) is 46.9 Å². The van der Waals surface area contributed by atoms with E-state index in [2.05, 4.69) is 15.9 Å². The van der Waals surface area contributed by atoms with Gasteiger partial charge >= 0.3 is 0 Å². The maximum absolute atomic E-state index is 12.7. The number of carbonyl (C=O) groups excluding carboxylic acids is 2. The minimum Gasteiger partial charge on any atom is -0.335 e. The van der Waals surface area contributed by atoms with Crippen molar-refractivity contribution >= 4 is 50.9 Å². The first-order chi connectivity index (χ1) is 12.0. The maximum Gasteiger partial charge on any atom is 0.255 e. The van der Waals surface area contributed by atoms with E-state index in [0.717, 1.165) is 4.47 Å². The van der Waals surface area contributed by atoms with Crippen molar-refractivity contribution in [3.8, 4) is 0 Å². The molecule has 4 nitrogen and oxygen atoms in total. The number of halogens is 3. The van der Waals surface area contributed by atoms with E-state index in [1.54, 1.807) is 52.3 Å². The second-order valence-electron chi connectivity index (χ2n) is 5.72. The fourth-order valence-corrected chi connectivity index (χ4v) is 3.50. The fraction of sp³-hybridized carbons (Fsp3) is 0.222. The summed E-state index contributed by atoms with van der Waals surface area (Å²) in [7, 11) is 0. The van der Waals surface area contributed by atoms with Gasteiger partial charge in [-0.1, -0.05) is 45.2 Å². The average molecular weight is 442 g/mol. The first kappa shape index (κ1) is 18.2. The average Bonchev–Trinajstić information content (AvgIpc) is 2.62. The number of carbonyl (C=O) groups is 2. The molecule has 0 bridgehead atoms. The highest BCUT2D eigenvalue weighted by molar-refractivity contribution is 9.10. The Hall–Kier alpha value is -1.56. The number of nitrogens with zero attached hydrogens (tertiary/aromatic N) is 2. The van der Waals surface area contributed by atoms with Crippen LogP contribution in [0, 0.1) is 0 Å². The number of rotatable bonds is 2. The molecule has 0 saturated carbocycles. The van der Waals surface area contributed by atoms with E-state index in [-0.39, 0.29) is 11.8 Å². The van der Waals surface area contributed by atoms with Crippen molar-refractivity contribution in [1.82, 2.24) is 9.80 Å². The zero-order valence-electron chi connectivity index (χ0n) is 13.2. The van der Waals surface area contributed by atoms with Crippen LogP contribution in [-0.4, -0.2) is 47.8 Å². The summed E-state index contributed by atoms with van der Waals surface area (Å²) in [6.07, 6.45) is 0. The summed E-state index contributed by atoms with van der Waals surface area (Å²) in [5.41, 5.74) is 1.02. The molecule has 7 heteroatoms. The van der Waals surface area contributed by atoms with Gasteiger partial charge in [0.15, 0.2) is 0 Å². The van der Waals surface area contributed by atoms with Crippen LogP contribution in [-0.2, 0) is 0 Å². The molecule has 0 aliphatic carbocycles. The Morgan fingerprint density at radius 3 is 2.16 bits per heavy atom. The Bertz CT molecular complexity index is 820. The molecule has 1 fully saturated rings. The molecule has 3 rings (SSSR count). The lowest BCUT2D eigenvalue weighted by atomic mass is 10.1. The quantitative estimate of drug-likeness (QED) is 0.694. The molecule has 1 heterocycles. The summed E-state index contributed by atoms with van der Waals surface area (Å²) in [6.45, 7) is 1.88. The molecule has 2 aromatic rings. The Morgan fingerprint density at radius 1 is 0.880 bits per heavy atom. The van der Waals surface area contributed by atoms with Gasteiger partial charge in [-0.25, -0.2) is 0 Å². The normalized spacial score (nSPS) is 14.5. The highest BCUT2D eigenvalue weighted by atomic mass is 79.9. The summed E-state index contributed by atoms with van der Waals surface area (Å²) in [4.78, 5) is 28.6. The van der Waals surface area contributed by atoms with Crippen molar-refractivity contribution in [1.29, 1.82) is 0 Å². The van der Waals surface area contributed by atoms with Crippen LogP contribution in [0.5, 0.6) is 0 Å². The minimum absolute atomic E-state index is 0.0740. The van der Waals surface area contributed by atoms with Crippen molar-refractivity contribution in [2.24, 2.45) is 0 Å². The summed E-state index contributed by atoms with van der Waals surface area (Å²) in [5.74, 6) is -0.198. The molecule has 25 heavy (non-hydrogen) atoms. The first-order valence-electron chi connectivity index (χ1n) is 7.75. The lowest BCUT2D eigenvalue weighted by Crippen LogP contribution is -2.50. The predicted molar refractivity (Wildman–Crippen MR) is 102 cm³/mol. The summed E-state index contributed by atoms with van der Waals surface area (Å²) >= 11 is 15.4. The molecule has 0 aromatic heterocycles. The Labute approximate surface area is 164 Å². The van der Waals surface area contributed by atoms with E-state index < -0.39 is 0 Å². The van der Waals surface area contributed by atoms with E-state index in [1.165, 1.54) is 0 Å². The molecule has 1 aliphatic heterocycles. The molecule has 130 valence electrons. The SMILES string of the molecule is O=C(c1cccc(Cl)c1)N1CCN(C(=O)c2cc(Br)ccc2Cl)CC1. The third kappa shape index (κ3) is 4.17. The summed E-state index contributed by atoms with van der Waals surface area (Å²) < 4.78 is 0.801. The lowest BCUT2D eigenvalue weighted by Gasteiger charge is -2.35. The number of hydrogen-bond acceptors (Lipinski definition) is 2. The van der Waals surface area contributed by atoms with Gasteiger partial charge in [0.2, 0.25) is 0 Å². The smallest absolute Gasteiger partial charge is 0.255 e. The highest BCUT2D eigenvalue weighted by Crippen LogP contribution is 2.23. The van der Waals surface area contributed by atoms with E-state index >= 15 is 0 Å². The van der Waals surface area contributed by atoms with Gasteiger partial charge in [-0.05, 0) is 36.4 Å². The first-order valence-corrected chi connectivity index (χ1v) is 9.30. The largest absolute Gasteiger partial charge is 0.335 e. The lowest BCUT2D eigenvalue weighted by molar-refractivity contribution is 0.0535. The van der Waals surface area contributed by atoms with Gasteiger partial charge < -0.3 is 9.80 Å². The summed E-state index contributed by atoms with van der Waals surface area (Å²) in [5, 5.41) is 0.953. The Balaban J connectivity index is 1.66. The van der Waals surface area contributed by atoms with Crippen LogP contribution in [0.3, 0.4) is 0 Å². The number of piperazine rings is 1. The molecule has 0 unspecified atom stereocenters. The predicted octanol–water partition coefficient (Wildman–Crippen LogP) is 4.35. The van der Waals surface area contributed by atoms with Crippen molar-refractivity contribution < 1.29 is 9.59 Å². The van der Waals surface area contributed by atoms with Gasteiger partial charge in [0, 0.05) is 41.2 Å². The molecular weight excluding hydrogens is 427 g/mol. The van der Waals surface area contributed by atoms with Crippen LogP contribution in [0.4, 0.5) is 0 Å². The standard InChI is InChI=1S/C18H15BrCl2N2O2/c19-13-4-5-16(21)15(11-13)18(25)23-8-6-22(7-9-23)17(24)12-2-1-3-14(20)10-12/h1-5,10-11H,6-9H2. The van der Waals surface area contributed by atoms with E-state index in [0.29, 0.717) is 47.4 Å². The van der Waals surface area contributed by atoms with Gasteiger partial charge in [-0.2, -0.15) is 0 Å². The van der Waals surface area contributed by atoms with Crippen LogP contribution in [0.25, 0.3) is 0 Å². The van der Waals surface area contributed by atoms with Crippen LogP contribution < -0.4 is 0 Å². The Kier molecular flexibility index (Phi) is 5.67. The molecule has 1 saturated heterocycles. The molecule has 0 atom stereocenters.